The van der Waals surface area contributed by atoms with Gasteiger partial charge < -0.3 is 15.8 Å². The quantitative estimate of drug-likeness (QED) is 0.689. The summed E-state index contributed by atoms with van der Waals surface area (Å²) >= 11 is 0. The Morgan fingerprint density at radius 1 is 1.32 bits per heavy atom. The van der Waals surface area contributed by atoms with Crippen LogP contribution in [0.5, 0.6) is 5.75 Å². The van der Waals surface area contributed by atoms with E-state index in [1.165, 1.54) is 12.8 Å². The van der Waals surface area contributed by atoms with Crippen LogP contribution in [0.4, 0.5) is 0 Å². The number of nitrogens with two attached hydrogens (primary N) is 1. The number of benzene rings is 1. The number of nitrogens with one attached hydrogen (secondary N) is 1. The van der Waals surface area contributed by atoms with Crippen molar-refractivity contribution < 1.29 is 9.53 Å². The van der Waals surface area contributed by atoms with Gasteiger partial charge in [0.1, 0.15) is 5.75 Å². The molecule has 0 spiro atoms. The molecule has 0 aromatic heterocycles. The van der Waals surface area contributed by atoms with Crippen LogP contribution in [0, 0.1) is 5.92 Å². The smallest absolute Gasteiger partial charge is 0.251 e. The molecule has 0 bridgehead atoms. The van der Waals surface area contributed by atoms with Crippen LogP contribution in [0.1, 0.15) is 56.3 Å². The first-order valence-electron chi connectivity index (χ1n) is 8.34. The Morgan fingerprint density at radius 3 is 2.55 bits per heavy atom. The summed E-state index contributed by atoms with van der Waals surface area (Å²) < 4.78 is 5.66. The van der Waals surface area contributed by atoms with Crippen LogP contribution in [0.3, 0.4) is 0 Å². The zero-order valence-electron chi connectivity index (χ0n) is 13.7. The van der Waals surface area contributed by atoms with Gasteiger partial charge in [0.15, 0.2) is 0 Å². The van der Waals surface area contributed by atoms with Crippen molar-refractivity contribution in [2.24, 2.45) is 11.7 Å². The van der Waals surface area contributed by atoms with Crippen molar-refractivity contribution in [1.29, 1.82) is 0 Å². The number of carbonyl (C=O) groups is 1. The fraction of sp³-hybridized carbons (Fsp3) is 0.611. The number of ether oxygens (including phenoxy) is 1. The van der Waals surface area contributed by atoms with Crippen molar-refractivity contribution in [2.75, 3.05) is 13.2 Å². The minimum atomic E-state index is -0.285. The normalized spacial score (nSPS) is 16.9. The standard InChI is InChI=1S/C18H28N2O2/c1-3-4-5-12-22-16-10-6-14(7-11-16)17(21)20-18(2,13-19)15-8-9-15/h6-7,10-11,15H,3-5,8-9,12-13,19H2,1-2H3,(H,20,21). The van der Waals surface area contributed by atoms with Crippen molar-refractivity contribution in [3.05, 3.63) is 29.8 Å². The van der Waals surface area contributed by atoms with E-state index in [0.29, 0.717) is 18.0 Å². The van der Waals surface area contributed by atoms with Crippen LogP contribution in [-0.2, 0) is 0 Å². The van der Waals surface area contributed by atoms with Crippen LogP contribution in [0.25, 0.3) is 0 Å². The van der Waals surface area contributed by atoms with E-state index in [4.69, 9.17) is 10.5 Å². The molecule has 0 radical (unpaired) electrons. The number of carbonyl (C=O) groups excluding carboxylic acids is 1. The van der Waals surface area contributed by atoms with Crippen molar-refractivity contribution >= 4 is 5.91 Å². The van der Waals surface area contributed by atoms with Crippen molar-refractivity contribution in [3.63, 3.8) is 0 Å². The molecule has 1 saturated carbocycles. The maximum absolute atomic E-state index is 12.4. The van der Waals surface area contributed by atoms with Crippen LogP contribution >= 0.6 is 0 Å². The number of rotatable bonds is 9. The molecule has 1 unspecified atom stereocenters. The van der Waals surface area contributed by atoms with Crippen LogP contribution in [0.2, 0.25) is 0 Å². The first kappa shape index (κ1) is 16.8. The molecule has 1 fully saturated rings. The van der Waals surface area contributed by atoms with Gasteiger partial charge in [0, 0.05) is 12.1 Å². The summed E-state index contributed by atoms with van der Waals surface area (Å²) in [5.41, 5.74) is 6.21. The average Bonchev–Trinajstić information content (AvgIpc) is 3.37. The molecule has 2 rings (SSSR count). The Morgan fingerprint density at radius 2 is 2.00 bits per heavy atom. The Bertz CT molecular complexity index is 482. The highest BCUT2D eigenvalue weighted by Crippen LogP contribution is 2.39. The lowest BCUT2D eigenvalue weighted by Gasteiger charge is -2.29. The Balaban J connectivity index is 1.88. The maximum Gasteiger partial charge on any atom is 0.251 e. The number of hydrogen-bond donors (Lipinski definition) is 2. The number of hydrogen-bond acceptors (Lipinski definition) is 3. The van der Waals surface area contributed by atoms with Crippen molar-refractivity contribution in [3.8, 4) is 5.75 Å². The molecule has 22 heavy (non-hydrogen) atoms. The zero-order chi connectivity index (χ0) is 16.0. The molecule has 3 N–H and O–H groups in total. The molecule has 4 nitrogen and oxygen atoms in total. The molecule has 122 valence electrons. The number of amides is 1. The van der Waals surface area contributed by atoms with Crippen LogP contribution in [0.15, 0.2) is 24.3 Å². The molecule has 4 heteroatoms. The lowest BCUT2D eigenvalue weighted by molar-refractivity contribution is 0.0898. The van der Waals surface area contributed by atoms with Gasteiger partial charge in [0.2, 0.25) is 0 Å². The Labute approximate surface area is 133 Å². The van der Waals surface area contributed by atoms with Gasteiger partial charge in [0.05, 0.1) is 12.1 Å². The topological polar surface area (TPSA) is 64.3 Å². The molecule has 1 aliphatic rings. The van der Waals surface area contributed by atoms with Gasteiger partial charge in [0.25, 0.3) is 5.91 Å². The highest BCUT2D eigenvalue weighted by Gasteiger charge is 2.41. The Kier molecular flexibility index (Phi) is 5.83. The predicted molar refractivity (Wildman–Crippen MR) is 89.1 cm³/mol. The second-order valence-electron chi connectivity index (χ2n) is 6.43. The highest BCUT2D eigenvalue weighted by molar-refractivity contribution is 5.94. The second-order valence-corrected chi connectivity index (χ2v) is 6.43. The summed E-state index contributed by atoms with van der Waals surface area (Å²) in [6.07, 6.45) is 5.73. The molecule has 0 aliphatic heterocycles. The van der Waals surface area contributed by atoms with Gasteiger partial charge in [-0.1, -0.05) is 19.8 Å². The van der Waals surface area contributed by atoms with E-state index < -0.39 is 0 Å². The van der Waals surface area contributed by atoms with E-state index in [1.54, 1.807) is 0 Å². The first-order chi connectivity index (χ1) is 10.6. The molecule has 1 aromatic carbocycles. The van der Waals surface area contributed by atoms with Crippen LogP contribution < -0.4 is 15.8 Å². The van der Waals surface area contributed by atoms with Gasteiger partial charge in [-0.3, -0.25) is 4.79 Å². The third kappa shape index (κ3) is 4.47. The molecule has 0 heterocycles. The summed E-state index contributed by atoms with van der Waals surface area (Å²) in [5.74, 6) is 1.27. The summed E-state index contributed by atoms with van der Waals surface area (Å²) in [4.78, 5) is 12.4. The van der Waals surface area contributed by atoms with Crippen molar-refractivity contribution in [1.82, 2.24) is 5.32 Å². The van der Waals surface area contributed by atoms with E-state index >= 15 is 0 Å². The molecule has 0 saturated heterocycles. The van der Waals surface area contributed by atoms with E-state index in [9.17, 15) is 4.79 Å². The summed E-state index contributed by atoms with van der Waals surface area (Å²) in [5, 5.41) is 3.10. The molecule has 1 aliphatic carbocycles. The fourth-order valence-electron chi connectivity index (χ4n) is 2.62. The lowest BCUT2D eigenvalue weighted by Crippen LogP contribution is -2.53. The molecule has 1 aromatic rings. The summed E-state index contributed by atoms with van der Waals surface area (Å²) in [6.45, 7) is 5.41. The third-order valence-electron chi connectivity index (χ3n) is 4.43. The second kappa shape index (κ2) is 7.63. The summed E-state index contributed by atoms with van der Waals surface area (Å²) in [7, 11) is 0. The van der Waals surface area contributed by atoms with Crippen molar-refractivity contribution in [2.45, 2.75) is 51.5 Å². The SMILES string of the molecule is CCCCCOc1ccc(C(=O)NC(C)(CN)C2CC2)cc1. The van der Waals surface area contributed by atoms with Gasteiger partial charge in [-0.05, 0) is 56.4 Å². The predicted octanol–water partition coefficient (Wildman–Crippen LogP) is 3.11. The number of unbranched alkanes of at least 4 members (excludes halogenated alkanes) is 2. The minimum absolute atomic E-state index is 0.0580. The largest absolute Gasteiger partial charge is 0.494 e. The average molecular weight is 304 g/mol. The van der Waals surface area contributed by atoms with E-state index in [1.807, 2.05) is 31.2 Å². The van der Waals surface area contributed by atoms with Gasteiger partial charge in [-0.25, -0.2) is 0 Å². The van der Waals surface area contributed by atoms with E-state index in [0.717, 1.165) is 31.6 Å². The van der Waals surface area contributed by atoms with Gasteiger partial charge in [-0.2, -0.15) is 0 Å². The minimum Gasteiger partial charge on any atom is -0.494 e. The Hall–Kier alpha value is -1.55. The fourth-order valence-corrected chi connectivity index (χ4v) is 2.62. The van der Waals surface area contributed by atoms with Crippen LogP contribution in [-0.4, -0.2) is 24.6 Å². The van der Waals surface area contributed by atoms with E-state index in [2.05, 4.69) is 12.2 Å². The maximum atomic E-state index is 12.4. The zero-order valence-corrected chi connectivity index (χ0v) is 13.7. The third-order valence-corrected chi connectivity index (χ3v) is 4.43. The summed E-state index contributed by atoms with van der Waals surface area (Å²) in [6, 6.07) is 7.35. The van der Waals surface area contributed by atoms with Gasteiger partial charge >= 0.3 is 0 Å². The molecule has 1 atom stereocenters. The lowest BCUT2D eigenvalue weighted by atomic mass is 9.95. The van der Waals surface area contributed by atoms with E-state index in [-0.39, 0.29) is 11.4 Å². The van der Waals surface area contributed by atoms with Gasteiger partial charge in [-0.15, -0.1) is 0 Å². The molecular weight excluding hydrogens is 276 g/mol. The molecule has 1 amide bonds. The highest BCUT2D eigenvalue weighted by atomic mass is 16.5. The first-order valence-corrected chi connectivity index (χ1v) is 8.34. The monoisotopic (exact) mass is 304 g/mol. The molecular formula is C18H28N2O2.